The zero-order chi connectivity index (χ0) is 12.8. The molecule has 0 bridgehead atoms. The molecule has 18 heavy (non-hydrogen) atoms. The van der Waals surface area contributed by atoms with Crippen LogP contribution in [0.3, 0.4) is 0 Å². The Bertz CT molecular complexity index is 362. The molecule has 0 radical (unpaired) electrons. The summed E-state index contributed by atoms with van der Waals surface area (Å²) in [6, 6.07) is 8.87. The normalized spacial score (nSPS) is 20.4. The largest absolute Gasteiger partial charge is 0.393 e. The summed E-state index contributed by atoms with van der Waals surface area (Å²) < 4.78 is 0. The highest BCUT2D eigenvalue weighted by Crippen LogP contribution is 2.30. The van der Waals surface area contributed by atoms with Gasteiger partial charge in [-0.3, -0.25) is 0 Å². The van der Waals surface area contributed by atoms with Crippen molar-refractivity contribution in [3.8, 4) is 0 Å². The molecule has 1 aromatic rings. The molecule has 1 aliphatic carbocycles. The van der Waals surface area contributed by atoms with Crippen LogP contribution in [-0.4, -0.2) is 24.3 Å². The Hall–Kier alpha value is -0.860. The van der Waals surface area contributed by atoms with Crippen LogP contribution in [-0.2, 0) is 6.42 Å². The molecular formula is C16H25NO. The predicted octanol–water partition coefficient (Wildman–Crippen LogP) is 2.86. The van der Waals surface area contributed by atoms with Gasteiger partial charge in [0.05, 0.1) is 6.10 Å². The Morgan fingerprint density at radius 2 is 2.22 bits per heavy atom. The third-order valence-corrected chi connectivity index (χ3v) is 3.86. The predicted molar refractivity (Wildman–Crippen MR) is 75.9 cm³/mol. The summed E-state index contributed by atoms with van der Waals surface area (Å²) in [4.78, 5) is 0. The van der Waals surface area contributed by atoms with Gasteiger partial charge in [-0.25, -0.2) is 0 Å². The molecule has 0 fully saturated rings. The minimum atomic E-state index is -0.165. The van der Waals surface area contributed by atoms with E-state index in [9.17, 15) is 5.11 Å². The van der Waals surface area contributed by atoms with Crippen molar-refractivity contribution >= 4 is 0 Å². The fourth-order valence-corrected chi connectivity index (χ4v) is 2.87. The van der Waals surface area contributed by atoms with E-state index in [0.29, 0.717) is 5.92 Å². The Morgan fingerprint density at radius 3 is 3.06 bits per heavy atom. The van der Waals surface area contributed by atoms with Crippen molar-refractivity contribution in [2.45, 2.75) is 51.0 Å². The maximum absolute atomic E-state index is 9.20. The lowest BCUT2D eigenvalue weighted by Crippen LogP contribution is -2.25. The van der Waals surface area contributed by atoms with E-state index in [1.807, 2.05) is 6.92 Å². The Balaban J connectivity index is 1.77. The molecule has 2 unspecified atom stereocenters. The van der Waals surface area contributed by atoms with Crippen LogP contribution in [0.5, 0.6) is 0 Å². The topological polar surface area (TPSA) is 32.3 Å². The first-order valence-electron chi connectivity index (χ1n) is 7.24. The van der Waals surface area contributed by atoms with Gasteiger partial charge in [0.2, 0.25) is 0 Å². The van der Waals surface area contributed by atoms with Crippen molar-refractivity contribution < 1.29 is 5.11 Å². The summed E-state index contributed by atoms with van der Waals surface area (Å²) in [5.74, 6) is 0.682. The number of hydrogen-bond donors (Lipinski definition) is 2. The number of rotatable bonds is 6. The van der Waals surface area contributed by atoms with Gasteiger partial charge >= 0.3 is 0 Å². The first-order chi connectivity index (χ1) is 8.77. The molecule has 0 heterocycles. The van der Waals surface area contributed by atoms with Gasteiger partial charge in [-0.05, 0) is 62.6 Å². The molecule has 0 saturated heterocycles. The monoisotopic (exact) mass is 247 g/mol. The van der Waals surface area contributed by atoms with Crippen molar-refractivity contribution in [1.29, 1.82) is 0 Å². The summed E-state index contributed by atoms with van der Waals surface area (Å²) >= 11 is 0. The molecule has 2 rings (SSSR count). The van der Waals surface area contributed by atoms with Gasteiger partial charge in [0.1, 0.15) is 0 Å². The van der Waals surface area contributed by atoms with Crippen LogP contribution in [0.4, 0.5) is 0 Å². The zero-order valence-electron chi connectivity index (χ0n) is 11.4. The van der Waals surface area contributed by atoms with E-state index < -0.39 is 0 Å². The molecule has 1 aromatic carbocycles. The molecule has 2 heteroatoms. The number of aryl methyl sites for hydroxylation is 1. The maximum Gasteiger partial charge on any atom is 0.0512 e. The molecule has 2 nitrogen and oxygen atoms in total. The molecule has 0 aliphatic heterocycles. The number of aliphatic hydroxyl groups excluding tert-OH is 1. The summed E-state index contributed by atoms with van der Waals surface area (Å²) in [5, 5.41) is 12.7. The highest BCUT2D eigenvalue weighted by Gasteiger charge is 2.18. The quantitative estimate of drug-likeness (QED) is 0.758. The van der Waals surface area contributed by atoms with Crippen LogP contribution in [0.1, 0.15) is 49.7 Å². The number of hydrogen-bond acceptors (Lipinski definition) is 2. The Morgan fingerprint density at radius 1 is 1.39 bits per heavy atom. The van der Waals surface area contributed by atoms with Gasteiger partial charge in [-0.15, -0.1) is 0 Å². The molecular weight excluding hydrogens is 222 g/mol. The fraction of sp³-hybridized carbons (Fsp3) is 0.625. The highest BCUT2D eigenvalue weighted by atomic mass is 16.3. The van der Waals surface area contributed by atoms with Crippen LogP contribution < -0.4 is 5.32 Å². The van der Waals surface area contributed by atoms with Crippen molar-refractivity contribution in [3.63, 3.8) is 0 Å². The minimum absolute atomic E-state index is 0.165. The molecule has 0 amide bonds. The Kier molecular flexibility index (Phi) is 5.21. The number of aliphatic hydroxyl groups is 1. The van der Waals surface area contributed by atoms with Gasteiger partial charge in [0, 0.05) is 6.54 Å². The Labute approximate surface area is 110 Å². The lowest BCUT2D eigenvalue weighted by Gasteiger charge is -2.25. The molecule has 2 N–H and O–H groups in total. The van der Waals surface area contributed by atoms with E-state index in [-0.39, 0.29) is 6.10 Å². The standard InChI is InChI=1S/C16H25NO/c1-13(18)6-5-11-17-12-15-9-4-8-14-7-2-3-10-16(14)15/h2-3,7,10,13,15,17-18H,4-6,8-9,11-12H2,1H3. The fourth-order valence-electron chi connectivity index (χ4n) is 2.87. The first-order valence-corrected chi connectivity index (χ1v) is 7.24. The number of fused-ring (bicyclic) bond motifs is 1. The summed E-state index contributed by atoms with van der Waals surface area (Å²) in [6.07, 6.45) is 5.66. The molecule has 1 aliphatic rings. The van der Waals surface area contributed by atoms with Crippen LogP contribution in [0.25, 0.3) is 0 Å². The summed E-state index contributed by atoms with van der Waals surface area (Å²) in [7, 11) is 0. The second kappa shape index (κ2) is 6.91. The van der Waals surface area contributed by atoms with E-state index in [1.165, 1.54) is 19.3 Å². The van der Waals surface area contributed by atoms with Crippen molar-refractivity contribution in [2.24, 2.45) is 0 Å². The number of benzene rings is 1. The SMILES string of the molecule is CC(O)CCCNCC1CCCc2ccccc21. The van der Waals surface area contributed by atoms with E-state index in [2.05, 4.69) is 29.6 Å². The summed E-state index contributed by atoms with van der Waals surface area (Å²) in [5.41, 5.74) is 3.09. The van der Waals surface area contributed by atoms with Gasteiger partial charge in [0.25, 0.3) is 0 Å². The van der Waals surface area contributed by atoms with Gasteiger partial charge in [-0.1, -0.05) is 24.3 Å². The molecule has 2 atom stereocenters. The lowest BCUT2D eigenvalue weighted by molar-refractivity contribution is 0.181. The van der Waals surface area contributed by atoms with Crippen molar-refractivity contribution in [2.75, 3.05) is 13.1 Å². The number of nitrogens with one attached hydrogen (secondary N) is 1. The van der Waals surface area contributed by atoms with Crippen molar-refractivity contribution in [3.05, 3.63) is 35.4 Å². The highest BCUT2D eigenvalue weighted by molar-refractivity contribution is 5.32. The second-order valence-electron chi connectivity index (χ2n) is 5.48. The van der Waals surface area contributed by atoms with Crippen LogP contribution in [0, 0.1) is 0 Å². The van der Waals surface area contributed by atoms with Gasteiger partial charge in [0.15, 0.2) is 0 Å². The van der Waals surface area contributed by atoms with Crippen LogP contribution in [0.2, 0.25) is 0 Å². The van der Waals surface area contributed by atoms with E-state index in [0.717, 1.165) is 25.9 Å². The third kappa shape index (κ3) is 3.82. The lowest BCUT2D eigenvalue weighted by atomic mass is 9.83. The van der Waals surface area contributed by atoms with E-state index in [1.54, 1.807) is 11.1 Å². The maximum atomic E-state index is 9.20. The van der Waals surface area contributed by atoms with Gasteiger partial charge in [-0.2, -0.15) is 0 Å². The van der Waals surface area contributed by atoms with E-state index >= 15 is 0 Å². The second-order valence-corrected chi connectivity index (χ2v) is 5.48. The van der Waals surface area contributed by atoms with Crippen LogP contribution in [0.15, 0.2) is 24.3 Å². The average molecular weight is 247 g/mol. The molecule has 0 saturated carbocycles. The summed E-state index contributed by atoms with van der Waals surface area (Å²) in [6.45, 7) is 3.96. The molecule has 0 aromatic heterocycles. The average Bonchev–Trinajstić information content (AvgIpc) is 2.38. The molecule has 100 valence electrons. The third-order valence-electron chi connectivity index (χ3n) is 3.86. The molecule has 0 spiro atoms. The van der Waals surface area contributed by atoms with Gasteiger partial charge < -0.3 is 10.4 Å². The van der Waals surface area contributed by atoms with Crippen LogP contribution >= 0.6 is 0 Å². The smallest absolute Gasteiger partial charge is 0.0512 e. The van der Waals surface area contributed by atoms with E-state index in [4.69, 9.17) is 0 Å². The minimum Gasteiger partial charge on any atom is -0.393 e. The van der Waals surface area contributed by atoms with Crippen molar-refractivity contribution in [1.82, 2.24) is 5.32 Å². The first kappa shape index (κ1) is 13.6. The zero-order valence-corrected chi connectivity index (χ0v) is 11.4.